The van der Waals surface area contributed by atoms with Crippen LogP contribution in [0.1, 0.15) is 0 Å². The minimum atomic E-state index is -0.494. The van der Waals surface area contributed by atoms with Crippen molar-refractivity contribution in [3.8, 4) is 6.07 Å². The molecule has 2 heterocycles. The van der Waals surface area contributed by atoms with Crippen LogP contribution in [0.25, 0.3) is 5.65 Å². The topological polar surface area (TPSA) is 54.0 Å². The van der Waals surface area contributed by atoms with E-state index in [1.165, 1.54) is 11.8 Å². The molecule has 2 rings (SSSR count). The molecule has 4 nitrogen and oxygen atoms in total. The summed E-state index contributed by atoms with van der Waals surface area (Å²) in [6.07, 6.45) is 1.88. The van der Waals surface area contributed by atoms with E-state index in [0.29, 0.717) is 5.75 Å². The summed E-state index contributed by atoms with van der Waals surface area (Å²) in [5.74, 6) is 0.508. The van der Waals surface area contributed by atoms with E-state index in [1.807, 2.05) is 34.9 Å². The molecule has 0 saturated heterocycles. The van der Waals surface area contributed by atoms with Gasteiger partial charge in [0, 0.05) is 11.9 Å². The molecule has 15 heavy (non-hydrogen) atoms. The Balaban J connectivity index is 2.19. The Morgan fingerprint density at radius 1 is 1.53 bits per heavy atom. The minimum Gasteiger partial charge on any atom is -0.277 e. The second kappa shape index (κ2) is 4.51. The van der Waals surface area contributed by atoms with Crippen molar-refractivity contribution in [1.29, 1.82) is 5.26 Å². The summed E-state index contributed by atoms with van der Waals surface area (Å²) < 4.78 is 1.87. The van der Waals surface area contributed by atoms with Crippen LogP contribution in [0.4, 0.5) is 0 Å². The molecule has 0 aliphatic heterocycles. The van der Waals surface area contributed by atoms with Crippen LogP contribution >= 0.6 is 23.4 Å². The van der Waals surface area contributed by atoms with Gasteiger partial charge in [0.15, 0.2) is 10.8 Å². The molecule has 6 heteroatoms. The van der Waals surface area contributed by atoms with Crippen molar-refractivity contribution in [3.05, 3.63) is 24.4 Å². The molecule has 2 aromatic rings. The number of pyridine rings is 1. The number of fused-ring (bicyclic) bond motifs is 1. The third-order valence-electron chi connectivity index (χ3n) is 1.78. The highest BCUT2D eigenvalue weighted by molar-refractivity contribution is 7.99. The average molecular weight is 239 g/mol. The van der Waals surface area contributed by atoms with Crippen molar-refractivity contribution < 1.29 is 0 Å². The Kier molecular flexibility index (Phi) is 3.09. The van der Waals surface area contributed by atoms with E-state index in [-0.39, 0.29) is 0 Å². The van der Waals surface area contributed by atoms with E-state index < -0.39 is 5.38 Å². The first kappa shape index (κ1) is 10.3. The van der Waals surface area contributed by atoms with Gasteiger partial charge in [0.25, 0.3) is 0 Å². The van der Waals surface area contributed by atoms with Gasteiger partial charge in [-0.25, -0.2) is 0 Å². The lowest BCUT2D eigenvalue weighted by atomic mass is 10.5. The van der Waals surface area contributed by atoms with Gasteiger partial charge in [-0.1, -0.05) is 17.8 Å². The highest BCUT2D eigenvalue weighted by atomic mass is 35.5. The molecule has 0 aliphatic rings. The molecule has 0 radical (unpaired) electrons. The van der Waals surface area contributed by atoms with Gasteiger partial charge in [0.2, 0.25) is 0 Å². The number of rotatable bonds is 3. The van der Waals surface area contributed by atoms with Crippen LogP contribution in [-0.2, 0) is 0 Å². The van der Waals surface area contributed by atoms with E-state index in [9.17, 15) is 0 Å². The zero-order valence-corrected chi connectivity index (χ0v) is 9.24. The fraction of sp³-hybridized carbons (Fsp3) is 0.222. The smallest absolute Gasteiger partial charge is 0.195 e. The van der Waals surface area contributed by atoms with E-state index in [4.69, 9.17) is 16.9 Å². The number of hydrogen-bond donors (Lipinski definition) is 0. The second-order valence-electron chi connectivity index (χ2n) is 2.82. The van der Waals surface area contributed by atoms with E-state index in [0.717, 1.165) is 10.8 Å². The van der Waals surface area contributed by atoms with Gasteiger partial charge >= 0.3 is 0 Å². The molecule has 0 fully saturated rings. The molecule has 2 aromatic heterocycles. The Bertz CT molecular complexity index is 504. The summed E-state index contributed by atoms with van der Waals surface area (Å²) in [6.45, 7) is 0. The number of aromatic nitrogens is 3. The fourth-order valence-electron chi connectivity index (χ4n) is 1.10. The maximum absolute atomic E-state index is 8.54. The monoisotopic (exact) mass is 238 g/mol. The maximum Gasteiger partial charge on any atom is 0.195 e. The number of nitrogens with zero attached hydrogens (tertiary/aromatic N) is 4. The predicted molar refractivity (Wildman–Crippen MR) is 59.0 cm³/mol. The van der Waals surface area contributed by atoms with Crippen molar-refractivity contribution in [2.75, 3.05) is 5.75 Å². The summed E-state index contributed by atoms with van der Waals surface area (Å²) in [5.41, 5.74) is 0.795. The first-order chi connectivity index (χ1) is 7.31. The third kappa shape index (κ3) is 2.22. The number of thioether (sulfide) groups is 1. The van der Waals surface area contributed by atoms with Crippen LogP contribution in [0.2, 0.25) is 0 Å². The van der Waals surface area contributed by atoms with Crippen molar-refractivity contribution in [3.63, 3.8) is 0 Å². The molecular formula is C9H7ClN4S. The Labute approximate surface area is 95.9 Å². The highest BCUT2D eigenvalue weighted by Gasteiger charge is 2.08. The molecule has 0 spiro atoms. The van der Waals surface area contributed by atoms with Crippen molar-refractivity contribution >= 4 is 29.0 Å². The van der Waals surface area contributed by atoms with Gasteiger partial charge in [-0.3, -0.25) is 4.40 Å². The van der Waals surface area contributed by atoms with Gasteiger partial charge in [0.1, 0.15) is 5.38 Å². The summed E-state index contributed by atoms with van der Waals surface area (Å²) >= 11 is 7.12. The first-order valence-electron chi connectivity index (χ1n) is 4.27. The molecule has 76 valence electrons. The van der Waals surface area contributed by atoms with Crippen LogP contribution in [0.15, 0.2) is 29.6 Å². The zero-order valence-electron chi connectivity index (χ0n) is 7.67. The van der Waals surface area contributed by atoms with Gasteiger partial charge in [0.05, 0.1) is 6.07 Å². The van der Waals surface area contributed by atoms with Crippen LogP contribution in [0.3, 0.4) is 0 Å². The van der Waals surface area contributed by atoms with Crippen LogP contribution in [0, 0.1) is 11.3 Å². The maximum atomic E-state index is 8.54. The predicted octanol–water partition coefficient (Wildman–Crippen LogP) is 1.95. The molecule has 1 unspecified atom stereocenters. The lowest BCUT2D eigenvalue weighted by molar-refractivity contribution is 0.920. The highest BCUT2D eigenvalue weighted by Crippen LogP contribution is 2.18. The Morgan fingerprint density at radius 3 is 3.20 bits per heavy atom. The zero-order chi connectivity index (χ0) is 10.7. The van der Waals surface area contributed by atoms with Gasteiger partial charge < -0.3 is 0 Å². The summed E-state index contributed by atoms with van der Waals surface area (Å²) in [6, 6.07) is 7.64. The first-order valence-corrected chi connectivity index (χ1v) is 5.69. The van der Waals surface area contributed by atoms with Gasteiger partial charge in [-0.15, -0.1) is 21.8 Å². The Morgan fingerprint density at radius 2 is 2.40 bits per heavy atom. The molecule has 0 aromatic carbocycles. The summed E-state index contributed by atoms with van der Waals surface area (Å²) in [5, 5.41) is 16.8. The fourth-order valence-corrected chi connectivity index (χ4v) is 2.05. The van der Waals surface area contributed by atoms with E-state index in [2.05, 4.69) is 10.2 Å². The Hall–Kier alpha value is -1.25. The third-order valence-corrected chi connectivity index (χ3v) is 3.25. The van der Waals surface area contributed by atoms with Crippen LogP contribution < -0.4 is 0 Å². The minimum absolute atomic E-state index is 0.494. The second-order valence-corrected chi connectivity index (χ2v) is 4.33. The summed E-state index contributed by atoms with van der Waals surface area (Å²) in [7, 11) is 0. The van der Waals surface area contributed by atoms with Crippen molar-refractivity contribution in [1.82, 2.24) is 14.6 Å². The normalized spacial score (nSPS) is 12.5. The molecule has 0 amide bonds. The molecule has 0 aliphatic carbocycles. The van der Waals surface area contributed by atoms with Gasteiger partial charge in [-0.05, 0) is 12.1 Å². The molecule has 0 saturated carbocycles. The van der Waals surface area contributed by atoms with Crippen molar-refractivity contribution in [2.24, 2.45) is 0 Å². The summed E-state index contributed by atoms with van der Waals surface area (Å²) in [4.78, 5) is 0. The number of alkyl halides is 1. The number of nitriles is 1. The van der Waals surface area contributed by atoms with Crippen LogP contribution in [-0.4, -0.2) is 25.7 Å². The molecule has 1 atom stereocenters. The van der Waals surface area contributed by atoms with Crippen LogP contribution in [0.5, 0.6) is 0 Å². The van der Waals surface area contributed by atoms with Gasteiger partial charge in [-0.2, -0.15) is 5.26 Å². The SMILES string of the molecule is N#CC(Cl)CSc1nnc2ccccn12. The number of hydrogen-bond acceptors (Lipinski definition) is 4. The lowest BCUT2D eigenvalue weighted by Gasteiger charge is -1.99. The van der Waals surface area contributed by atoms with E-state index in [1.54, 1.807) is 0 Å². The number of halogens is 1. The van der Waals surface area contributed by atoms with E-state index >= 15 is 0 Å². The molecule has 0 N–H and O–H groups in total. The van der Waals surface area contributed by atoms with Crippen molar-refractivity contribution in [2.45, 2.75) is 10.5 Å². The molecular weight excluding hydrogens is 232 g/mol. The average Bonchev–Trinajstić information content (AvgIpc) is 2.69. The quantitative estimate of drug-likeness (QED) is 0.606. The standard InChI is InChI=1S/C9H7ClN4S/c10-7(5-11)6-15-9-13-12-8-3-1-2-4-14(8)9/h1-4,7H,6H2. The largest absolute Gasteiger partial charge is 0.277 e. The molecule has 0 bridgehead atoms. The lowest BCUT2D eigenvalue weighted by Crippen LogP contribution is -1.98.